The summed E-state index contributed by atoms with van der Waals surface area (Å²) in [5.74, 6) is 0.992. The molecule has 1 heterocycles. The molecular weight excluding hydrogens is 340 g/mol. The second kappa shape index (κ2) is 7.86. The van der Waals surface area contributed by atoms with Crippen LogP contribution in [0.1, 0.15) is 46.1 Å². The largest absolute Gasteiger partial charge is 0.489 e. The highest BCUT2D eigenvalue weighted by Crippen LogP contribution is 2.38. The maximum atomic E-state index is 12.0. The van der Waals surface area contributed by atoms with Crippen molar-refractivity contribution in [1.29, 1.82) is 0 Å². The zero-order valence-corrected chi connectivity index (χ0v) is 14.8. The molecule has 1 amide bonds. The lowest BCUT2D eigenvalue weighted by Gasteiger charge is -2.06. The topological polar surface area (TPSA) is 79.4 Å². The summed E-state index contributed by atoms with van der Waals surface area (Å²) in [6.07, 6.45) is 3.91. The van der Waals surface area contributed by atoms with E-state index in [0.29, 0.717) is 18.2 Å². The van der Waals surface area contributed by atoms with Gasteiger partial charge in [0.05, 0.1) is 6.21 Å². The Kier molecular flexibility index (Phi) is 4.96. The SMILES string of the molecule is O=C(N/N=C/c1ccc(OCc2ccccc2)cc1)c1cc(C2CC2)[nH]n1. The van der Waals surface area contributed by atoms with Gasteiger partial charge in [-0.1, -0.05) is 30.3 Å². The van der Waals surface area contributed by atoms with Gasteiger partial charge in [-0.15, -0.1) is 0 Å². The third-order valence-electron chi connectivity index (χ3n) is 4.36. The summed E-state index contributed by atoms with van der Waals surface area (Å²) in [6.45, 7) is 0.525. The molecule has 0 unspecified atom stereocenters. The molecule has 0 spiro atoms. The summed E-state index contributed by atoms with van der Waals surface area (Å²) in [5, 5.41) is 10.9. The molecule has 1 aliphatic rings. The minimum Gasteiger partial charge on any atom is -0.489 e. The van der Waals surface area contributed by atoms with Crippen LogP contribution in [0.25, 0.3) is 0 Å². The fourth-order valence-corrected chi connectivity index (χ4v) is 2.67. The fraction of sp³-hybridized carbons (Fsp3) is 0.190. The fourth-order valence-electron chi connectivity index (χ4n) is 2.67. The van der Waals surface area contributed by atoms with Gasteiger partial charge in [-0.05, 0) is 54.3 Å². The summed E-state index contributed by atoms with van der Waals surface area (Å²) < 4.78 is 5.75. The molecule has 0 radical (unpaired) electrons. The number of carbonyl (C=O) groups is 1. The number of aromatic nitrogens is 2. The number of rotatable bonds is 7. The molecule has 0 atom stereocenters. The van der Waals surface area contributed by atoms with Crippen molar-refractivity contribution in [2.45, 2.75) is 25.4 Å². The number of carbonyl (C=O) groups excluding carboxylic acids is 1. The molecule has 3 aromatic rings. The molecule has 2 N–H and O–H groups in total. The highest BCUT2D eigenvalue weighted by atomic mass is 16.5. The summed E-state index contributed by atoms with van der Waals surface area (Å²) in [4.78, 5) is 12.0. The van der Waals surface area contributed by atoms with Crippen molar-refractivity contribution in [2.75, 3.05) is 0 Å². The minimum atomic E-state index is -0.322. The Balaban J connectivity index is 1.27. The molecule has 136 valence electrons. The van der Waals surface area contributed by atoms with Crippen molar-refractivity contribution in [2.24, 2.45) is 5.10 Å². The molecular formula is C21H20N4O2. The number of amides is 1. The lowest BCUT2D eigenvalue weighted by atomic mass is 10.2. The quantitative estimate of drug-likeness (QED) is 0.499. The van der Waals surface area contributed by atoms with E-state index in [0.717, 1.165) is 35.4 Å². The zero-order chi connectivity index (χ0) is 18.5. The Morgan fingerprint density at radius 1 is 1.19 bits per heavy atom. The lowest BCUT2D eigenvalue weighted by Crippen LogP contribution is -2.18. The van der Waals surface area contributed by atoms with Crippen LogP contribution in [0, 0.1) is 0 Å². The van der Waals surface area contributed by atoms with E-state index in [1.54, 1.807) is 12.3 Å². The van der Waals surface area contributed by atoms with E-state index in [1.807, 2.05) is 54.6 Å². The van der Waals surface area contributed by atoms with E-state index in [1.165, 1.54) is 0 Å². The molecule has 0 aliphatic heterocycles. The van der Waals surface area contributed by atoms with Gasteiger partial charge < -0.3 is 4.74 Å². The number of benzene rings is 2. The molecule has 27 heavy (non-hydrogen) atoms. The maximum absolute atomic E-state index is 12.0. The second-order valence-corrected chi connectivity index (χ2v) is 6.53. The minimum absolute atomic E-state index is 0.322. The van der Waals surface area contributed by atoms with Crippen molar-refractivity contribution < 1.29 is 9.53 Å². The third kappa shape index (κ3) is 4.61. The van der Waals surface area contributed by atoms with E-state index < -0.39 is 0 Å². The Morgan fingerprint density at radius 2 is 1.96 bits per heavy atom. The molecule has 1 fully saturated rings. The van der Waals surface area contributed by atoms with Gasteiger partial charge in [0.2, 0.25) is 0 Å². The van der Waals surface area contributed by atoms with E-state index in [-0.39, 0.29) is 5.91 Å². The predicted octanol–water partition coefficient (Wildman–Crippen LogP) is 3.63. The number of hydrogen-bond donors (Lipinski definition) is 2. The Bertz CT molecular complexity index is 928. The summed E-state index contributed by atoms with van der Waals surface area (Å²) >= 11 is 0. The van der Waals surface area contributed by atoms with Gasteiger partial charge in [-0.25, -0.2) is 5.43 Å². The molecule has 6 nitrogen and oxygen atoms in total. The average Bonchev–Trinajstić information content (AvgIpc) is 3.44. The van der Waals surface area contributed by atoms with E-state index in [9.17, 15) is 4.79 Å². The Hall–Kier alpha value is -3.41. The zero-order valence-electron chi connectivity index (χ0n) is 14.8. The summed E-state index contributed by atoms with van der Waals surface area (Å²) in [7, 11) is 0. The van der Waals surface area contributed by atoms with E-state index in [4.69, 9.17) is 4.74 Å². The normalized spacial score (nSPS) is 13.6. The van der Waals surface area contributed by atoms with Gasteiger partial charge in [-0.3, -0.25) is 9.89 Å². The number of nitrogens with zero attached hydrogens (tertiary/aromatic N) is 2. The maximum Gasteiger partial charge on any atom is 0.291 e. The summed E-state index contributed by atoms with van der Waals surface area (Å²) in [5.41, 5.74) is 5.86. The van der Waals surface area contributed by atoms with Crippen LogP contribution in [0.5, 0.6) is 5.75 Å². The van der Waals surface area contributed by atoms with Crippen LogP contribution in [0.3, 0.4) is 0 Å². The van der Waals surface area contributed by atoms with Crippen molar-refractivity contribution in [3.05, 3.63) is 83.2 Å². The molecule has 1 aliphatic carbocycles. The first-order valence-electron chi connectivity index (χ1n) is 8.93. The van der Waals surface area contributed by atoms with Crippen LogP contribution in [0.2, 0.25) is 0 Å². The number of nitrogens with one attached hydrogen (secondary N) is 2. The standard InChI is InChI=1S/C21H20N4O2/c26-21(20-12-19(23-24-20)17-8-9-17)25-22-13-15-6-10-18(11-7-15)27-14-16-4-2-1-3-5-16/h1-7,10-13,17H,8-9,14H2,(H,23,24)(H,25,26)/b22-13+. The van der Waals surface area contributed by atoms with Crippen molar-refractivity contribution >= 4 is 12.1 Å². The molecule has 2 aromatic carbocycles. The van der Waals surface area contributed by atoms with Crippen LogP contribution in [0.4, 0.5) is 0 Å². The Labute approximate surface area is 157 Å². The van der Waals surface area contributed by atoms with Gasteiger partial charge in [-0.2, -0.15) is 10.2 Å². The van der Waals surface area contributed by atoms with Crippen LogP contribution in [0.15, 0.2) is 65.8 Å². The van der Waals surface area contributed by atoms with Crippen molar-refractivity contribution in [1.82, 2.24) is 15.6 Å². The molecule has 0 saturated heterocycles. The first-order chi connectivity index (χ1) is 13.3. The number of H-pyrrole nitrogens is 1. The molecule has 1 aromatic heterocycles. The second-order valence-electron chi connectivity index (χ2n) is 6.53. The summed E-state index contributed by atoms with van der Waals surface area (Å²) in [6, 6.07) is 19.3. The van der Waals surface area contributed by atoms with Crippen LogP contribution in [-0.2, 0) is 6.61 Å². The van der Waals surface area contributed by atoms with Gasteiger partial charge in [0.15, 0.2) is 5.69 Å². The first-order valence-corrected chi connectivity index (χ1v) is 8.93. The number of hydrazone groups is 1. The predicted molar refractivity (Wildman–Crippen MR) is 103 cm³/mol. The van der Waals surface area contributed by atoms with Crippen LogP contribution < -0.4 is 10.2 Å². The van der Waals surface area contributed by atoms with E-state index in [2.05, 4.69) is 20.7 Å². The van der Waals surface area contributed by atoms with Crippen LogP contribution in [-0.4, -0.2) is 22.3 Å². The van der Waals surface area contributed by atoms with Gasteiger partial charge in [0, 0.05) is 11.6 Å². The molecule has 6 heteroatoms. The average molecular weight is 360 g/mol. The number of ether oxygens (including phenoxy) is 1. The number of hydrogen-bond acceptors (Lipinski definition) is 4. The smallest absolute Gasteiger partial charge is 0.291 e. The van der Waals surface area contributed by atoms with E-state index >= 15 is 0 Å². The monoisotopic (exact) mass is 360 g/mol. The van der Waals surface area contributed by atoms with Gasteiger partial charge >= 0.3 is 0 Å². The highest BCUT2D eigenvalue weighted by molar-refractivity contribution is 5.93. The Morgan fingerprint density at radius 3 is 2.70 bits per heavy atom. The van der Waals surface area contributed by atoms with Gasteiger partial charge in [0.25, 0.3) is 5.91 Å². The lowest BCUT2D eigenvalue weighted by molar-refractivity contribution is 0.0950. The van der Waals surface area contributed by atoms with Crippen LogP contribution >= 0.6 is 0 Å². The highest BCUT2D eigenvalue weighted by Gasteiger charge is 2.26. The molecule has 0 bridgehead atoms. The number of aromatic amines is 1. The first kappa shape index (κ1) is 17.0. The molecule has 4 rings (SSSR count). The van der Waals surface area contributed by atoms with Crippen molar-refractivity contribution in [3.8, 4) is 5.75 Å². The van der Waals surface area contributed by atoms with Gasteiger partial charge in [0.1, 0.15) is 12.4 Å². The van der Waals surface area contributed by atoms with Crippen molar-refractivity contribution in [3.63, 3.8) is 0 Å². The molecule has 1 saturated carbocycles. The third-order valence-corrected chi connectivity index (χ3v) is 4.36.